The van der Waals surface area contributed by atoms with E-state index in [2.05, 4.69) is 25.8 Å². The van der Waals surface area contributed by atoms with Crippen LogP contribution in [0.3, 0.4) is 0 Å². The van der Waals surface area contributed by atoms with Crippen LogP contribution in [0.1, 0.15) is 60.3 Å². The van der Waals surface area contributed by atoms with E-state index in [-0.39, 0.29) is 29.4 Å². The van der Waals surface area contributed by atoms with Gasteiger partial charge in [0, 0.05) is 40.1 Å². The summed E-state index contributed by atoms with van der Waals surface area (Å²) in [5.41, 5.74) is -1.50. The van der Waals surface area contributed by atoms with Crippen molar-refractivity contribution in [3.8, 4) is 11.6 Å². The van der Waals surface area contributed by atoms with E-state index < -0.39 is 17.1 Å². The van der Waals surface area contributed by atoms with Crippen LogP contribution in [0.5, 0.6) is 11.6 Å². The first-order valence-corrected chi connectivity index (χ1v) is 10.8. The summed E-state index contributed by atoms with van der Waals surface area (Å²) in [4.78, 5) is 15.9. The molecule has 2 aliphatic rings. The minimum atomic E-state index is -0.967. The van der Waals surface area contributed by atoms with Crippen LogP contribution in [0.4, 0.5) is 0 Å². The number of rotatable bonds is 3. The lowest BCUT2D eigenvalue weighted by Crippen LogP contribution is -2.70. The molecule has 0 bridgehead atoms. The van der Waals surface area contributed by atoms with Gasteiger partial charge in [-0.25, -0.2) is 0 Å². The average Bonchev–Trinajstić information content (AvgIpc) is 3.06. The maximum atomic E-state index is 13.1. The second-order valence-electron chi connectivity index (χ2n) is 10.0. The van der Waals surface area contributed by atoms with Crippen LogP contribution in [0, 0.1) is 22.7 Å². The molecule has 0 amide bonds. The molecule has 0 saturated heterocycles. The molecule has 5 nitrogen and oxygen atoms in total. The number of ether oxygens (including phenoxy) is 1. The molecule has 158 valence electrons. The molecule has 5 heteroatoms. The fourth-order valence-corrected chi connectivity index (χ4v) is 6.32. The summed E-state index contributed by atoms with van der Waals surface area (Å²) < 4.78 is 6.94. The number of benzene rings is 1. The second-order valence-corrected chi connectivity index (χ2v) is 10.0. The van der Waals surface area contributed by atoms with Crippen molar-refractivity contribution >= 4 is 16.6 Å². The number of H-pyrrole nitrogens is 1. The summed E-state index contributed by atoms with van der Waals surface area (Å²) in [6.45, 7) is 10.7. The third kappa shape index (κ3) is 2.59. The number of aromatic nitrogens is 1. The topological polar surface area (TPSA) is 82.6 Å². The van der Waals surface area contributed by atoms with E-state index in [1.165, 1.54) is 0 Å². The molecule has 0 spiro atoms. The minimum Gasteiger partial charge on any atom is -0.494 e. The van der Waals surface area contributed by atoms with Crippen molar-refractivity contribution in [2.75, 3.05) is 0 Å². The average molecular weight is 400 g/mol. The molecule has 2 saturated carbocycles. The largest absolute Gasteiger partial charge is 0.494 e. The van der Waals surface area contributed by atoms with E-state index >= 15 is 0 Å². The summed E-state index contributed by atoms with van der Waals surface area (Å²) in [6, 6.07) is 5.64. The monoisotopic (exact) mass is 399 g/mol. The Kier molecular flexibility index (Phi) is 4.54. The maximum absolute atomic E-state index is 13.1. The highest BCUT2D eigenvalue weighted by molar-refractivity contribution is 5.92. The molecule has 1 aromatic heterocycles. The predicted molar refractivity (Wildman–Crippen MR) is 113 cm³/mol. The van der Waals surface area contributed by atoms with Gasteiger partial charge in [-0.15, -0.1) is 0 Å². The highest BCUT2D eigenvalue weighted by Gasteiger charge is 2.67. The van der Waals surface area contributed by atoms with Crippen molar-refractivity contribution in [2.45, 2.75) is 72.0 Å². The molecule has 0 radical (unpaired) electrons. The van der Waals surface area contributed by atoms with Gasteiger partial charge in [-0.05, 0) is 37.3 Å². The van der Waals surface area contributed by atoms with Crippen molar-refractivity contribution in [2.24, 2.45) is 22.7 Å². The number of carbonyl (C=O) groups is 1. The van der Waals surface area contributed by atoms with E-state index in [1.807, 2.05) is 32.0 Å². The molecular formula is C24H33NO4. The lowest BCUT2D eigenvalue weighted by Gasteiger charge is -2.64. The molecule has 5 unspecified atom stereocenters. The Hall–Kier alpha value is -2.01. The summed E-state index contributed by atoms with van der Waals surface area (Å²) >= 11 is 0. The molecule has 2 aromatic rings. The number of aromatic hydroxyl groups is 1. The summed E-state index contributed by atoms with van der Waals surface area (Å²) in [7, 11) is 0. The highest BCUT2D eigenvalue weighted by atomic mass is 16.5. The number of hydrogen-bond donors (Lipinski definition) is 3. The lowest BCUT2D eigenvalue weighted by atomic mass is 9.44. The molecule has 1 aromatic carbocycles. The second kappa shape index (κ2) is 6.49. The zero-order valence-corrected chi connectivity index (χ0v) is 18.1. The Morgan fingerprint density at radius 3 is 2.62 bits per heavy atom. The van der Waals surface area contributed by atoms with E-state index in [9.17, 15) is 15.0 Å². The fourth-order valence-electron chi connectivity index (χ4n) is 6.32. The lowest BCUT2D eigenvalue weighted by molar-refractivity contribution is -0.221. The number of aromatic amines is 1. The van der Waals surface area contributed by atoms with Gasteiger partial charge in [0.1, 0.15) is 17.5 Å². The van der Waals surface area contributed by atoms with Crippen molar-refractivity contribution in [3.63, 3.8) is 0 Å². The van der Waals surface area contributed by atoms with Gasteiger partial charge in [0.25, 0.3) is 0 Å². The first kappa shape index (κ1) is 20.3. The molecule has 3 N–H and O–H groups in total. The molecule has 29 heavy (non-hydrogen) atoms. The predicted octanol–water partition coefficient (Wildman–Crippen LogP) is 4.81. The van der Waals surface area contributed by atoms with Gasteiger partial charge >= 0.3 is 0 Å². The van der Waals surface area contributed by atoms with Crippen molar-refractivity contribution in [1.82, 2.24) is 4.98 Å². The number of carbonyl (C=O) groups excluding carboxylic acids is 1. The molecule has 1 heterocycles. The molecular weight excluding hydrogens is 366 g/mol. The normalized spacial score (nSPS) is 36.8. The van der Waals surface area contributed by atoms with Gasteiger partial charge in [0.2, 0.25) is 0 Å². The highest BCUT2D eigenvalue weighted by Crippen LogP contribution is 2.63. The first-order chi connectivity index (χ1) is 13.6. The summed E-state index contributed by atoms with van der Waals surface area (Å²) in [6.07, 6.45) is 3.86. The van der Waals surface area contributed by atoms with Gasteiger partial charge < -0.3 is 19.9 Å². The molecule has 4 rings (SSSR count). The minimum absolute atomic E-state index is 0.0478. The van der Waals surface area contributed by atoms with Crippen LogP contribution in [0.2, 0.25) is 0 Å². The quantitative estimate of drug-likeness (QED) is 0.691. The standard InChI is InChI=1S/C24H33NO4/c1-6-23(5)14(2)10-11-19-22(3,4)20(27)17(26)12-24(19,23)29-18-9-7-8-15-16(18)13-25-21(15)28/h7-9,13-14,19-20,25,27-28H,6,10-12H2,1-5H3. The number of hydrogen-bond acceptors (Lipinski definition) is 4. The van der Waals surface area contributed by atoms with Crippen LogP contribution in [0.15, 0.2) is 24.4 Å². The van der Waals surface area contributed by atoms with Gasteiger partial charge in [0.15, 0.2) is 11.7 Å². The number of fused-ring (bicyclic) bond motifs is 2. The molecule has 2 fully saturated rings. The van der Waals surface area contributed by atoms with Gasteiger partial charge in [-0.1, -0.05) is 40.7 Å². The maximum Gasteiger partial charge on any atom is 0.196 e. The van der Waals surface area contributed by atoms with Gasteiger partial charge in [-0.3, -0.25) is 4.79 Å². The number of aliphatic hydroxyl groups excluding tert-OH is 1. The SMILES string of the molecule is CCC1(C)C(C)CCC2C(C)(C)C(O)C(=O)CC21Oc1cccc2c(O)[nH]cc12. The smallest absolute Gasteiger partial charge is 0.196 e. The Morgan fingerprint density at radius 1 is 1.21 bits per heavy atom. The number of ketones is 1. The van der Waals surface area contributed by atoms with E-state index in [1.54, 1.807) is 6.20 Å². The Bertz CT molecular complexity index is 948. The van der Waals surface area contributed by atoms with Crippen LogP contribution in [0.25, 0.3) is 10.8 Å². The van der Waals surface area contributed by atoms with E-state index in [0.717, 1.165) is 24.6 Å². The van der Waals surface area contributed by atoms with Gasteiger partial charge in [0.05, 0.1) is 0 Å². The van der Waals surface area contributed by atoms with Crippen LogP contribution in [-0.4, -0.2) is 32.7 Å². The van der Waals surface area contributed by atoms with Crippen LogP contribution < -0.4 is 4.74 Å². The Labute approximate surface area is 172 Å². The number of Topliss-reactive ketones (excluding diaryl/α,β-unsaturated/α-hetero) is 1. The number of nitrogens with one attached hydrogen (secondary N) is 1. The Morgan fingerprint density at radius 2 is 1.93 bits per heavy atom. The zero-order chi connectivity index (χ0) is 21.2. The zero-order valence-electron chi connectivity index (χ0n) is 18.1. The van der Waals surface area contributed by atoms with Crippen molar-refractivity contribution < 1.29 is 19.7 Å². The van der Waals surface area contributed by atoms with Gasteiger partial charge in [-0.2, -0.15) is 0 Å². The molecule has 2 aliphatic carbocycles. The summed E-state index contributed by atoms with van der Waals surface area (Å²) in [5.74, 6) is 1.10. The third-order valence-corrected chi connectivity index (χ3v) is 8.55. The van der Waals surface area contributed by atoms with Crippen molar-refractivity contribution in [1.29, 1.82) is 0 Å². The molecule has 0 aliphatic heterocycles. The Balaban J connectivity index is 1.93. The molecule has 5 atom stereocenters. The van der Waals surface area contributed by atoms with E-state index in [4.69, 9.17) is 4.74 Å². The van der Waals surface area contributed by atoms with Crippen LogP contribution in [-0.2, 0) is 4.79 Å². The fraction of sp³-hybridized carbons (Fsp3) is 0.625. The van der Waals surface area contributed by atoms with Crippen molar-refractivity contribution in [3.05, 3.63) is 24.4 Å². The first-order valence-electron chi connectivity index (χ1n) is 10.8. The summed E-state index contributed by atoms with van der Waals surface area (Å²) in [5, 5.41) is 22.4. The third-order valence-electron chi connectivity index (χ3n) is 8.55. The number of aliphatic hydroxyl groups is 1. The van der Waals surface area contributed by atoms with Crippen LogP contribution >= 0.6 is 0 Å². The van der Waals surface area contributed by atoms with E-state index in [0.29, 0.717) is 17.1 Å².